The standard InChI is InChI=1S/C15H26N2O2/c1-7-11(6)17-12(10(4)5)13(18)16-15(8-2,9-3)14(17)19/h7,10-12H,1,8-9H2,2-6H3,(H,16,18). The lowest BCUT2D eigenvalue weighted by molar-refractivity contribution is -0.159. The summed E-state index contributed by atoms with van der Waals surface area (Å²) < 4.78 is 0. The van der Waals surface area contributed by atoms with Crippen molar-refractivity contribution in [2.45, 2.75) is 65.1 Å². The molecule has 0 saturated carbocycles. The van der Waals surface area contributed by atoms with E-state index < -0.39 is 11.6 Å². The van der Waals surface area contributed by atoms with E-state index in [0.29, 0.717) is 12.8 Å². The van der Waals surface area contributed by atoms with Gasteiger partial charge < -0.3 is 10.2 Å². The molecule has 0 aromatic heterocycles. The average Bonchev–Trinajstić information content (AvgIpc) is 2.39. The average molecular weight is 266 g/mol. The van der Waals surface area contributed by atoms with Gasteiger partial charge in [-0.05, 0) is 25.7 Å². The number of nitrogens with zero attached hydrogens (tertiary/aromatic N) is 1. The zero-order valence-corrected chi connectivity index (χ0v) is 12.7. The highest BCUT2D eigenvalue weighted by Crippen LogP contribution is 2.29. The topological polar surface area (TPSA) is 49.4 Å². The number of carbonyl (C=O) groups excluding carboxylic acids is 2. The number of hydrogen-bond acceptors (Lipinski definition) is 2. The van der Waals surface area contributed by atoms with Crippen molar-refractivity contribution in [3.8, 4) is 0 Å². The lowest BCUT2D eigenvalue weighted by atomic mass is 9.84. The molecule has 1 fully saturated rings. The van der Waals surface area contributed by atoms with Crippen LogP contribution < -0.4 is 5.32 Å². The highest BCUT2D eigenvalue weighted by molar-refractivity contribution is 6.00. The van der Waals surface area contributed by atoms with E-state index in [1.165, 1.54) is 0 Å². The van der Waals surface area contributed by atoms with Crippen LogP contribution in [0.2, 0.25) is 0 Å². The van der Waals surface area contributed by atoms with Crippen molar-refractivity contribution in [2.24, 2.45) is 5.92 Å². The predicted octanol–water partition coefficient (Wildman–Crippen LogP) is 2.10. The molecular formula is C15H26N2O2. The molecule has 1 saturated heterocycles. The molecule has 1 heterocycles. The van der Waals surface area contributed by atoms with Crippen LogP contribution in [0.3, 0.4) is 0 Å². The number of carbonyl (C=O) groups is 2. The van der Waals surface area contributed by atoms with E-state index in [2.05, 4.69) is 11.9 Å². The summed E-state index contributed by atoms with van der Waals surface area (Å²) in [5.41, 5.74) is -0.750. The highest BCUT2D eigenvalue weighted by atomic mass is 16.2. The zero-order chi connectivity index (χ0) is 14.8. The molecule has 0 radical (unpaired) electrons. The van der Waals surface area contributed by atoms with Gasteiger partial charge in [0.15, 0.2) is 0 Å². The Hall–Kier alpha value is -1.32. The van der Waals surface area contributed by atoms with Gasteiger partial charge in [-0.2, -0.15) is 0 Å². The Morgan fingerprint density at radius 3 is 2.21 bits per heavy atom. The van der Waals surface area contributed by atoms with Gasteiger partial charge in [-0.1, -0.05) is 33.8 Å². The third kappa shape index (κ3) is 2.53. The van der Waals surface area contributed by atoms with Gasteiger partial charge in [-0.15, -0.1) is 6.58 Å². The van der Waals surface area contributed by atoms with Crippen LogP contribution in [-0.4, -0.2) is 34.3 Å². The van der Waals surface area contributed by atoms with E-state index in [0.717, 1.165) is 0 Å². The first kappa shape index (κ1) is 15.7. The first-order valence-corrected chi connectivity index (χ1v) is 7.12. The number of piperazine rings is 1. The van der Waals surface area contributed by atoms with Gasteiger partial charge in [-0.25, -0.2) is 0 Å². The van der Waals surface area contributed by atoms with Crippen LogP contribution in [0.25, 0.3) is 0 Å². The Labute approximate surface area is 116 Å². The Kier molecular flexibility index (Phi) is 4.77. The van der Waals surface area contributed by atoms with Gasteiger partial charge in [0.25, 0.3) is 0 Å². The molecule has 0 aliphatic carbocycles. The van der Waals surface area contributed by atoms with Crippen LogP contribution in [0.4, 0.5) is 0 Å². The van der Waals surface area contributed by atoms with Crippen molar-refractivity contribution in [3.63, 3.8) is 0 Å². The third-order valence-corrected chi connectivity index (χ3v) is 4.19. The molecule has 0 spiro atoms. The number of hydrogen-bond donors (Lipinski definition) is 1. The first-order chi connectivity index (χ1) is 8.84. The summed E-state index contributed by atoms with van der Waals surface area (Å²) >= 11 is 0. The van der Waals surface area contributed by atoms with Gasteiger partial charge in [-0.3, -0.25) is 9.59 Å². The third-order valence-electron chi connectivity index (χ3n) is 4.19. The summed E-state index contributed by atoms with van der Waals surface area (Å²) in [5.74, 6) is 0.0493. The zero-order valence-electron chi connectivity index (χ0n) is 12.7. The minimum absolute atomic E-state index is 0.0169. The SMILES string of the molecule is C=CC(C)N1C(=O)C(CC)(CC)NC(=O)C1C(C)C. The number of rotatable bonds is 5. The van der Waals surface area contributed by atoms with E-state index in [1.807, 2.05) is 34.6 Å². The summed E-state index contributed by atoms with van der Waals surface area (Å²) in [6.45, 7) is 13.5. The molecule has 2 atom stereocenters. The lowest BCUT2D eigenvalue weighted by Crippen LogP contribution is -2.72. The van der Waals surface area contributed by atoms with Gasteiger partial charge in [0, 0.05) is 6.04 Å². The van der Waals surface area contributed by atoms with Crippen LogP contribution in [0.15, 0.2) is 12.7 Å². The molecular weight excluding hydrogens is 240 g/mol. The van der Waals surface area contributed by atoms with E-state index >= 15 is 0 Å². The molecule has 1 aliphatic rings. The minimum Gasteiger partial charge on any atom is -0.340 e. The predicted molar refractivity (Wildman–Crippen MR) is 76.6 cm³/mol. The van der Waals surface area contributed by atoms with Crippen LogP contribution >= 0.6 is 0 Å². The lowest BCUT2D eigenvalue weighted by Gasteiger charge is -2.48. The molecule has 1 N–H and O–H groups in total. The van der Waals surface area contributed by atoms with Crippen molar-refractivity contribution in [1.82, 2.24) is 10.2 Å². The molecule has 108 valence electrons. The summed E-state index contributed by atoms with van der Waals surface area (Å²) in [4.78, 5) is 27.0. The molecule has 4 nitrogen and oxygen atoms in total. The second-order valence-electron chi connectivity index (χ2n) is 5.66. The molecule has 1 aliphatic heterocycles. The molecule has 0 aromatic carbocycles. The largest absolute Gasteiger partial charge is 0.340 e. The fourth-order valence-electron chi connectivity index (χ4n) is 2.77. The molecule has 1 rings (SSSR count). The van der Waals surface area contributed by atoms with Crippen LogP contribution in [0.5, 0.6) is 0 Å². The van der Waals surface area contributed by atoms with Crippen LogP contribution in [0, 0.1) is 5.92 Å². The smallest absolute Gasteiger partial charge is 0.249 e. The first-order valence-electron chi connectivity index (χ1n) is 7.12. The fraction of sp³-hybridized carbons (Fsp3) is 0.733. The van der Waals surface area contributed by atoms with Crippen molar-refractivity contribution >= 4 is 11.8 Å². The van der Waals surface area contributed by atoms with Gasteiger partial charge in [0.1, 0.15) is 11.6 Å². The second kappa shape index (κ2) is 5.76. The molecule has 2 amide bonds. The second-order valence-corrected chi connectivity index (χ2v) is 5.66. The maximum Gasteiger partial charge on any atom is 0.249 e. The molecule has 19 heavy (non-hydrogen) atoms. The molecule has 0 bridgehead atoms. The number of amides is 2. The maximum absolute atomic E-state index is 12.8. The fourth-order valence-corrected chi connectivity index (χ4v) is 2.77. The Balaban J connectivity index is 3.26. The van der Waals surface area contributed by atoms with Crippen LogP contribution in [-0.2, 0) is 9.59 Å². The van der Waals surface area contributed by atoms with Crippen molar-refractivity contribution in [2.75, 3.05) is 0 Å². The summed E-state index contributed by atoms with van der Waals surface area (Å²) in [5, 5.41) is 2.95. The van der Waals surface area contributed by atoms with Gasteiger partial charge in [0.05, 0.1) is 0 Å². The summed E-state index contributed by atoms with van der Waals surface area (Å²) in [6, 6.07) is -0.546. The Bertz CT molecular complexity index is 372. The molecule has 0 aromatic rings. The monoisotopic (exact) mass is 266 g/mol. The maximum atomic E-state index is 12.8. The Morgan fingerprint density at radius 1 is 1.32 bits per heavy atom. The van der Waals surface area contributed by atoms with E-state index in [-0.39, 0.29) is 23.8 Å². The van der Waals surface area contributed by atoms with Crippen molar-refractivity contribution < 1.29 is 9.59 Å². The highest BCUT2D eigenvalue weighted by Gasteiger charge is 2.50. The van der Waals surface area contributed by atoms with E-state index in [1.54, 1.807) is 11.0 Å². The van der Waals surface area contributed by atoms with Crippen molar-refractivity contribution in [3.05, 3.63) is 12.7 Å². The summed E-state index contributed by atoms with van der Waals surface area (Å²) in [7, 11) is 0. The van der Waals surface area contributed by atoms with Crippen molar-refractivity contribution in [1.29, 1.82) is 0 Å². The Morgan fingerprint density at radius 2 is 1.84 bits per heavy atom. The molecule has 4 heteroatoms. The van der Waals surface area contributed by atoms with Gasteiger partial charge in [0.2, 0.25) is 11.8 Å². The molecule has 2 unspecified atom stereocenters. The normalized spacial score (nSPS) is 24.3. The summed E-state index contributed by atoms with van der Waals surface area (Å²) in [6.07, 6.45) is 2.94. The van der Waals surface area contributed by atoms with E-state index in [4.69, 9.17) is 0 Å². The van der Waals surface area contributed by atoms with Gasteiger partial charge >= 0.3 is 0 Å². The minimum atomic E-state index is -0.750. The van der Waals surface area contributed by atoms with Crippen LogP contribution in [0.1, 0.15) is 47.5 Å². The number of nitrogens with one attached hydrogen (secondary N) is 1. The van der Waals surface area contributed by atoms with E-state index in [9.17, 15) is 9.59 Å². The quantitative estimate of drug-likeness (QED) is 0.775.